The highest BCUT2D eigenvalue weighted by Crippen LogP contribution is 2.32. The Morgan fingerprint density at radius 1 is 0.966 bits per heavy atom. The van der Waals surface area contributed by atoms with Crippen molar-refractivity contribution in [3.8, 4) is 17.2 Å². The molecular weight excluding hydrogens is 366 g/mol. The van der Waals surface area contributed by atoms with E-state index in [4.69, 9.17) is 19.9 Å². The van der Waals surface area contributed by atoms with E-state index in [-0.39, 0.29) is 0 Å². The molecule has 1 aliphatic heterocycles. The van der Waals surface area contributed by atoms with Gasteiger partial charge in [0.15, 0.2) is 17.5 Å². The number of fused-ring (bicyclic) bond motifs is 2. The van der Waals surface area contributed by atoms with E-state index in [1.165, 1.54) is 10.8 Å². The van der Waals surface area contributed by atoms with Crippen molar-refractivity contribution in [3.05, 3.63) is 60.7 Å². The summed E-state index contributed by atoms with van der Waals surface area (Å²) in [5, 5.41) is 5.47. The number of nitrogens with one attached hydrogen (secondary N) is 1. The van der Waals surface area contributed by atoms with Gasteiger partial charge in [-0.1, -0.05) is 30.3 Å². The molecule has 150 valence electrons. The average Bonchev–Trinajstić information content (AvgIpc) is 2.98. The summed E-state index contributed by atoms with van der Waals surface area (Å²) in [7, 11) is 0. The Morgan fingerprint density at radius 3 is 2.69 bits per heavy atom. The Kier molecular flexibility index (Phi) is 6.00. The predicted molar refractivity (Wildman–Crippen MR) is 116 cm³/mol. The van der Waals surface area contributed by atoms with Crippen LogP contribution in [0.1, 0.15) is 12.8 Å². The lowest BCUT2D eigenvalue weighted by Crippen LogP contribution is -2.23. The zero-order valence-corrected chi connectivity index (χ0v) is 16.3. The van der Waals surface area contributed by atoms with E-state index in [9.17, 15) is 0 Å². The van der Waals surface area contributed by atoms with Crippen LogP contribution in [0.25, 0.3) is 10.8 Å². The van der Waals surface area contributed by atoms with Crippen molar-refractivity contribution in [2.45, 2.75) is 12.8 Å². The van der Waals surface area contributed by atoms with E-state index in [0.717, 1.165) is 35.8 Å². The summed E-state index contributed by atoms with van der Waals surface area (Å²) in [5.74, 6) is 2.72. The maximum Gasteiger partial charge on any atom is 0.193 e. The minimum atomic E-state index is 0.366. The van der Waals surface area contributed by atoms with Crippen LogP contribution in [0.15, 0.2) is 65.7 Å². The number of hydrogen-bond donors (Lipinski definition) is 2. The number of aliphatic imine (C=N–C) groups is 1. The van der Waals surface area contributed by atoms with Crippen LogP contribution in [-0.2, 0) is 0 Å². The molecule has 6 heteroatoms. The zero-order valence-electron chi connectivity index (χ0n) is 16.3. The lowest BCUT2D eigenvalue weighted by Gasteiger charge is -2.11. The molecule has 0 amide bonds. The predicted octanol–water partition coefficient (Wildman–Crippen LogP) is 4.20. The van der Waals surface area contributed by atoms with Gasteiger partial charge in [-0.25, -0.2) is 0 Å². The van der Waals surface area contributed by atoms with Gasteiger partial charge < -0.3 is 25.3 Å². The molecular formula is C23H25N3O3. The molecule has 3 aromatic rings. The summed E-state index contributed by atoms with van der Waals surface area (Å²) in [6.45, 7) is 2.48. The van der Waals surface area contributed by atoms with E-state index in [1.807, 2.05) is 36.4 Å². The first kappa shape index (κ1) is 18.9. The van der Waals surface area contributed by atoms with Crippen molar-refractivity contribution in [2.24, 2.45) is 10.7 Å². The quantitative estimate of drug-likeness (QED) is 0.374. The number of nitrogens with two attached hydrogens (primary N) is 1. The normalized spacial score (nSPS) is 13.7. The van der Waals surface area contributed by atoms with Crippen LogP contribution in [0.4, 0.5) is 5.69 Å². The van der Waals surface area contributed by atoms with E-state index < -0.39 is 0 Å². The number of hydrogen-bond acceptors (Lipinski definition) is 4. The fourth-order valence-electron chi connectivity index (χ4n) is 3.14. The molecule has 0 spiro atoms. The summed E-state index contributed by atoms with van der Waals surface area (Å²) in [6.07, 6.45) is 1.65. The Labute approximate surface area is 170 Å². The molecule has 6 nitrogen and oxygen atoms in total. The third kappa shape index (κ3) is 5.10. The van der Waals surface area contributed by atoms with Gasteiger partial charge in [0, 0.05) is 31.1 Å². The average molecular weight is 391 g/mol. The Balaban J connectivity index is 1.24. The molecule has 0 saturated heterocycles. The first-order valence-electron chi connectivity index (χ1n) is 9.86. The second kappa shape index (κ2) is 9.19. The highest BCUT2D eigenvalue weighted by atomic mass is 16.5. The van der Waals surface area contributed by atoms with Gasteiger partial charge >= 0.3 is 0 Å². The van der Waals surface area contributed by atoms with Gasteiger partial charge in [0.1, 0.15) is 5.75 Å². The lowest BCUT2D eigenvalue weighted by atomic mass is 10.1. The third-order valence-electron chi connectivity index (χ3n) is 4.59. The second-order valence-electron chi connectivity index (χ2n) is 6.81. The van der Waals surface area contributed by atoms with Gasteiger partial charge in [0.25, 0.3) is 0 Å². The first-order chi connectivity index (χ1) is 14.3. The molecule has 0 bridgehead atoms. The van der Waals surface area contributed by atoms with E-state index >= 15 is 0 Å². The van der Waals surface area contributed by atoms with Crippen LogP contribution in [0.3, 0.4) is 0 Å². The number of anilines is 1. The maximum atomic E-state index is 5.99. The SMILES string of the molecule is NC(=NCCCOc1ccc2ccccc2c1)Nc1ccc2c(c1)OCCCO2. The molecule has 0 fully saturated rings. The maximum absolute atomic E-state index is 5.99. The van der Waals surface area contributed by atoms with Crippen LogP contribution in [0.2, 0.25) is 0 Å². The number of nitrogens with zero attached hydrogens (tertiary/aromatic N) is 1. The van der Waals surface area contributed by atoms with Gasteiger partial charge in [-0.05, 0) is 35.0 Å². The smallest absolute Gasteiger partial charge is 0.193 e. The number of rotatable bonds is 6. The number of benzene rings is 3. The lowest BCUT2D eigenvalue weighted by molar-refractivity contribution is 0.297. The van der Waals surface area contributed by atoms with Crippen molar-refractivity contribution in [1.82, 2.24) is 0 Å². The minimum absolute atomic E-state index is 0.366. The summed E-state index contributed by atoms with van der Waals surface area (Å²) in [5.41, 5.74) is 6.82. The van der Waals surface area contributed by atoms with Gasteiger partial charge in [-0.15, -0.1) is 0 Å². The van der Waals surface area contributed by atoms with Crippen molar-refractivity contribution in [3.63, 3.8) is 0 Å². The summed E-state index contributed by atoms with van der Waals surface area (Å²) < 4.78 is 17.1. The van der Waals surface area contributed by atoms with Crippen molar-refractivity contribution >= 4 is 22.4 Å². The first-order valence-corrected chi connectivity index (χ1v) is 9.86. The number of ether oxygens (including phenoxy) is 3. The molecule has 1 heterocycles. The summed E-state index contributed by atoms with van der Waals surface area (Å²) in [6, 6.07) is 20.0. The van der Waals surface area contributed by atoms with E-state index in [2.05, 4.69) is 34.6 Å². The molecule has 29 heavy (non-hydrogen) atoms. The molecule has 0 unspecified atom stereocenters. The molecule has 0 aromatic heterocycles. The third-order valence-corrected chi connectivity index (χ3v) is 4.59. The van der Waals surface area contributed by atoms with Crippen LogP contribution < -0.4 is 25.3 Å². The minimum Gasteiger partial charge on any atom is -0.494 e. The fourth-order valence-corrected chi connectivity index (χ4v) is 3.14. The largest absolute Gasteiger partial charge is 0.494 e. The topological polar surface area (TPSA) is 78.1 Å². The molecule has 3 aromatic carbocycles. The van der Waals surface area contributed by atoms with Crippen LogP contribution >= 0.6 is 0 Å². The van der Waals surface area contributed by atoms with Crippen LogP contribution in [0, 0.1) is 0 Å². The van der Waals surface area contributed by atoms with Gasteiger partial charge in [-0.3, -0.25) is 4.99 Å². The standard InChI is InChI=1S/C23H25N3O3/c24-23(26-19-8-10-21-22(16-19)29-14-4-13-28-21)25-11-3-12-27-20-9-7-17-5-1-2-6-18(17)15-20/h1-2,5-10,15-16H,3-4,11-14H2,(H3,24,25,26). The summed E-state index contributed by atoms with van der Waals surface area (Å²) >= 11 is 0. The molecule has 0 saturated carbocycles. The number of guanidine groups is 1. The molecule has 0 aliphatic carbocycles. The monoisotopic (exact) mass is 391 g/mol. The highest BCUT2D eigenvalue weighted by molar-refractivity contribution is 5.92. The zero-order chi connectivity index (χ0) is 19.9. The molecule has 1 aliphatic rings. The van der Waals surface area contributed by atoms with Gasteiger partial charge in [-0.2, -0.15) is 0 Å². The van der Waals surface area contributed by atoms with Crippen molar-refractivity contribution < 1.29 is 14.2 Å². The molecule has 0 radical (unpaired) electrons. The Morgan fingerprint density at radius 2 is 1.79 bits per heavy atom. The Bertz CT molecular complexity index is 1000. The summed E-state index contributed by atoms with van der Waals surface area (Å²) in [4.78, 5) is 4.36. The van der Waals surface area contributed by atoms with Gasteiger partial charge in [0.2, 0.25) is 0 Å². The van der Waals surface area contributed by atoms with E-state index in [0.29, 0.717) is 32.3 Å². The van der Waals surface area contributed by atoms with Crippen LogP contribution in [-0.4, -0.2) is 32.3 Å². The van der Waals surface area contributed by atoms with Crippen LogP contribution in [0.5, 0.6) is 17.2 Å². The Hall–Kier alpha value is -3.41. The fraction of sp³-hybridized carbons (Fsp3) is 0.261. The molecule has 3 N–H and O–H groups in total. The van der Waals surface area contributed by atoms with Crippen molar-refractivity contribution in [2.75, 3.05) is 31.7 Å². The van der Waals surface area contributed by atoms with Crippen molar-refractivity contribution in [1.29, 1.82) is 0 Å². The van der Waals surface area contributed by atoms with E-state index in [1.54, 1.807) is 0 Å². The highest BCUT2D eigenvalue weighted by Gasteiger charge is 2.10. The molecule has 4 rings (SSSR count). The second-order valence-corrected chi connectivity index (χ2v) is 6.81. The van der Waals surface area contributed by atoms with Gasteiger partial charge in [0.05, 0.1) is 19.8 Å². The molecule has 0 atom stereocenters.